The van der Waals surface area contributed by atoms with Gasteiger partial charge in [0.2, 0.25) is 0 Å². The Morgan fingerprint density at radius 2 is 2.27 bits per heavy atom. The summed E-state index contributed by atoms with van der Waals surface area (Å²) in [4.78, 5) is 12.3. The Balaban J connectivity index is 3.07. The van der Waals surface area contributed by atoms with E-state index in [0.717, 1.165) is 15.8 Å². The first-order valence-electron chi connectivity index (χ1n) is 4.47. The van der Waals surface area contributed by atoms with Crippen LogP contribution in [0.1, 0.15) is 23.4 Å². The van der Waals surface area contributed by atoms with Gasteiger partial charge in [-0.25, -0.2) is 0 Å². The van der Waals surface area contributed by atoms with Crippen LogP contribution < -0.4 is 0 Å². The van der Waals surface area contributed by atoms with Crippen molar-refractivity contribution in [1.29, 1.82) is 0 Å². The zero-order chi connectivity index (χ0) is 11.4. The van der Waals surface area contributed by atoms with Gasteiger partial charge in [-0.2, -0.15) is 0 Å². The van der Waals surface area contributed by atoms with Gasteiger partial charge in [-0.3, -0.25) is 4.79 Å². The predicted octanol–water partition coefficient (Wildman–Crippen LogP) is 4.17. The summed E-state index contributed by atoms with van der Waals surface area (Å²) in [7, 11) is 0. The van der Waals surface area contributed by atoms with E-state index in [4.69, 9.17) is 11.6 Å². The van der Waals surface area contributed by atoms with Crippen LogP contribution >= 0.6 is 39.3 Å². The average Bonchev–Trinajstić information content (AvgIpc) is 2.26. The molecular weight excluding hydrogens is 296 g/mol. The van der Waals surface area contributed by atoms with Crippen LogP contribution in [-0.4, -0.2) is 12.0 Å². The lowest BCUT2D eigenvalue weighted by atomic mass is 10.1. The fourth-order valence-electron chi connectivity index (χ4n) is 1.26. The van der Waals surface area contributed by atoms with E-state index < -0.39 is 5.38 Å². The number of Topliss-reactive ketones (excluding diaryl/α,β-unsaturated/α-hetero) is 1. The molecule has 0 saturated carbocycles. The van der Waals surface area contributed by atoms with Gasteiger partial charge in [0.15, 0.2) is 5.78 Å². The van der Waals surface area contributed by atoms with E-state index in [0.29, 0.717) is 0 Å². The van der Waals surface area contributed by atoms with Gasteiger partial charge >= 0.3 is 0 Å². The molecule has 0 spiro atoms. The van der Waals surface area contributed by atoms with E-state index in [1.54, 1.807) is 11.8 Å². The molecule has 82 valence electrons. The maximum Gasteiger partial charge on any atom is 0.152 e. The smallest absolute Gasteiger partial charge is 0.152 e. The maximum absolute atomic E-state index is 11.2. The fourth-order valence-corrected chi connectivity index (χ4v) is 2.73. The highest BCUT2D eigenvalue weighted by Crippen LogP contribution is 2.29. The fraction of sp³-hybridized carbons (Fsp3) is 0.364. The quantitative estimate of drug-likeness (QED) is 0.613. The van der Waals surface area contributed by atoms with Crippen LogP contribution in [0.3, 0.4) is 0 Å². The van der Waals surface area contributed by atoms with Crippen LogP contribution in [0.25, 0.3) is 0 Å². The molecule has 1 rings (SSSR count). The van der Waals surface area contributed by atoms with E-state index in [2.05, 4.69) is 15.9 Å². The molecule has 0 heterocycles. The van der Waals surface area contributed by atoms with E-state index in [1.165, 1.54) is 12.5 Å². The minimum absolute atomic E-state index is 0.0182. The van der Waals surface area contributed by atoms with E-state index in [9.17, 15) is 4.79 Å². The van der Waals surface area contributed by atoms with Crippen LogP contribution in [0, 0.1) is 0 Å². The Morgan fingerprint density at radius 1 is 1.60 bits per heavy atom. The molecule has 0 aliphatic heterocycles. The van der Waals surface area contributed by atoms with Gasteiger partial charge < -0.3 is 0 Å². The third kappa shape index (κ3) is 3.23. The number of thioether (sulfide) groups is 1. The second kappa shape index (κ2) is 5.92. The minimum Gasteiger partial charge on any atom is -0.298 e. The molecule has 15 heavy (non-hydrogen) atoms. The zero-order valence-electron chi connectivity index (χ0n) is 8.59. The molecule has 4 heteroatoms. The van der Waals surface area contributed by atoms with Crippen LogP contribution in [0.5, 0.6) is 0 Å². The van der Waals surface area contributed by atoms with Gasteiger partial charge in [0.1, 0.15) is 5.38 Å². The SMILES string of the molecule is CSc1cc(C(Cl)C(C)=O)ccc1CBr. The minimum atomic E-state index is -0.528. The maximum atomic E-state index is 11.2. The Morgan fingerprint density at radius 3 is 2.73 bits per heavy atom. The highest BCUT2D eigenvalue weighted by Gasteiger charge is 2.14. The van der Waals surface area contributed by atoms with Crippen molar-refractivity contribution in [3.05, 3.63) is 29.3 Å². The number of carbonyl (C=O) groups is 1. The standard InChI is InChI=1S/C11H12BrClOS/c1-7(14)11(13)8-3-4-9(6-12)10(5-8)15-2/h3-5,11H,6H2,1-2H3. The Hall–Kier alpha value is 0.01000. The summed E-state index contributed by atoms with van der Waals surface area (Å²) in [5.74, 6) is -0.0182. The summed E-state index contributed by atoms with van der Waals surface area (Å²) in [6, 6.07) is 5.91. The normalized spacial score (nSPS) is 12.5. The molecule has 0 fully saturated rings. The predicted molar refractivity (Wildman–Crippen MR) is 70.1 cm³/mol. The third-order valence-corrected chi connectivity index (χ3v) is 4.09. The number of ketones is 1. The van der Waals surface area contributed by atoms with Crippen molar-refractivity contribution in [2.75, 3.05) is 6.26 Å². The number of halogens is 2. The molecule has 1 aromatic rings. The lowest BCUT2D eigenvalue weighted by molar-refractivity contribution is -0.116. The van der Waals surface area contributed by atoms with Gasteiger partial charge in [-0.1, -0.05) is 28.1 Å². The highest BCUT2D eigenvalue weighted by molar-refractivity contribution is 9.08. The monoisotopic (exact) mass is 306 g/mol. The van der Waals surface area contributed by atoms with Gasteiger partial charge in [-0.05, 0) is 30.4 Å². The summed E-state index contributed by atoms with van der Waals surface area (Å²) in [5.41, 5.74) is 2.09. The van der Waals surface area contributed by atoms with Crippen molar-refractivity contribution >= 4 is 45.1 Å². The molecule has 0 amide bonds. The molecule has 1 atom stereocenters. The lowest BCUT2D eigenvalue weighted by Gasteiger charge is -2.10. The summed E-state index contributed by atoms with van der Waals surface area (Å²) >= 11 is 11.1. The molecule has 0 aliphatic carbocycles. The molecular formula is C11H12BrClOS. The summed E-state index contributed by atoms with van der Waals surface area (Å²) < 4.78 is 0. The first-order chi connectivity index (χ1) is 7.10. The molecule has 0 bridgehead atoms. The highest BCUT2D eigenvalue weighted by atomic mass is 79.9. The summed E-state index contributed by atoms with van der Waals surface area (Å²) in [6.07, 6.45) is 2.02. The van der Waals surface area contributed by atoms with Crippen molar-refractivity contribution in [2.24, 2.45) is 0 Å². The molecule has 1 unspecified atom stereocenters. The Labute approximate surface area is 108 Å². The van der Waals surface area contributed by atoms with Crippen molar-refractivity contribution in [2.45, 2.75) is 22.5 Å². The lowest BCUT2D eigenvalue weighted by Crippen LogP contribution is -2.02. The number of hydrogen-bond donors (Lipinski definition) is 0. The van der Waals surface area contributed by atoms with Crippen LogP contribution in [0.4, 0.5) is 0 Å². The number of carbonyl (C=O) groups excluding carboxylic acids is 1. The molecule has 0 saturated heterocycles. The number of alkyl halides is 2. The van der Waals surface area contributed by atoms with Gasteiger partial charge in [0, 0.05) is 10.2 Å². The molecule has 0 radical (unpaired) electrons. The number of benzene rings is 1. The van der Waals surface area contributed by atoms with Crippen molar-refractivity contribution in [3.8, 4) is 0 Å². The van der Waals surface area contributed by atoms with Crippen LogP contribution in [-0.2, 0) is 10.1 Å². The van der Waals surface area contributed by atoms with Gasteiger partial charge in [0.25, 0.3) is 0 Å². The largest absolute Gasteiger partial charge is 0.298 e. The first kappa shape index (κ1) is 13.1. The van der Waals surface area contributed by atoms with E-state index in [1.807, 2.05) is 24.5 Å². The van der Waals surface area contributed by atoms with Crippen LogP contribution in [0.15, 0.2) is 23.1 Å². The second-order valence-corrected chi connectivity index (χ2v) is 5.02. The van der Waals surface area contributed by atoms with Crippen molar-refractivity contribution in [3.63, 3.8) is 0 Å². The zero-order valence-corrected chi connectivity index (χ0v) is 11.7. The molecule has 0 aromatic heterocycles. The number of hydrogen-bond acceptors (Lipinski definition) is 2. The molecule has 0 aliphatic rings. The second-order valence-electron chi connectivity index (χ2n) is 3.18. The van der Waals surface area contributed by atoms with Gasteiger partial charge in [0.05, 0.1) is 0 Å². The van der Waals surface area contributed by atoms with Crippen molar-refractivity contribution < 1.29 is 4.79 Å². The first-order valence-corrected chi connectivity index (χ1v) is 7.25. The van der Waals surface area contributed by atoms with E-state index in [-0.39, 0.29) is 5.78 Å². The third-order valence-electron chi connectivity index (χ3n) is 2.10. The van der Waals surface area contributed by atoms with E-state index >= 15 is 0 Å². The van der Waals surface area contributed by atoms with Crippen LogP contribution in [0.2, 0.25) is 0 Å². The molecule has 1 aromatic carbocycles. The average molecular weight is 308 g/mol. The summed E-state index contributed by atoms with van der Waals surface area (Å²) in [5, 5.41) is 0.288. The summed E-state index contributed by atoms with van der Waals surface area (Å²) in [6.45, 7) is 1.51. The molecule has 0 N–H and O–H groups in total. The Kier molecular flexibility index (Phi) is 5.16. The molecule has 1 nitrogen and oxygen atoms in total. The van der Waals surface area contributed by atoms with Gasteiger partial charge in [-0.15, -0.1) is 23.4 Å². The van der Waals surface area contributed by atoms with Crippen molar-refractivity contribution in [1.82, 2.24) is 0 Å². The number of rotatable bonds is 4. The Bertz CT molecular complexity index is 368. The topological polar surface area (TPSA) is 17.1 Å².